The first-order chi connectivity index (χ1) is 15.0. The number of fused-ring (bicyclic) bond motifs is 1. The predicted octanol–water partition coefficient (Wildman–Crippen LogP) is 5.97. The molecule has 3 aromatic rings. The van der Waals surface area contributed by atoms with Crippen molar-refractivity contribution in [1.29, 1.82) is 0 Å². The van der Waals surface area contributed by atoms with E-state index in [9.17, 15) is 4.79 Å². The molecule has 5 nitrogen and oxygen atoms in total. The molecule has 158 valence electrons. The van der Waals surface area contributed by atoms with Crippen molar-refractivity contribution in [3.63, 3.8) is 0 Å². The average Bonchev–Trinajstić information content (AvgIpc) is 3.15. The molecule has 0 unspecified atom stereocenters. The van der Waals surface area contributed by atoms with Crippen LogP contribution in [0.25, 0.3) is 0 Å². The Balaban J connectivity index is 1.49. The highest BCUT2D eigenvalue weighted by atomic mass is 79.9. The van der Waals surface area contributed by atoms with Gasteiger partial charge in [-0.25, -0.2) is 4.68 Å². The van der Waals surface area contributed by atoms with Crippen molar-refractivity contribution < 1.29 is 4.79 Å². The molecule has 2 aromatic carbocycles. The number of Topliss-reactive ketones (excluding diaryl/α,β-unsaturated/α-hetero) is 1. The van der Waals surface area contributed by atoms with Crippen LogP contribution in [-0.2, 0) is 10.5 Å². The summed E-state index contributed by atoms with van der Waals surface area (Å²) in [5.41, 5.74) is 6.71. The Morgan fingerprint density at radius 1 is 1.16 bits per heavy atom. The number of carbonyl (C=O) groups is 1. The summed E-state index contributed by atoms with van der Waals surface area (Å²) in [5, 5.41) is 8.95. The van der Waals surface area contributed by atoms with Gasteiger partial charge >= 0.3 is 0 Å². The number of halogens is 1. The fourth-order valence-corrected chi connectivity index (χ4v) is 5.47. The molecule has 0 saturated heterocycles. The largest absolute Gasteiger partial charge is 0.328 e. The van der Waals surface area contributed by atoms with Gasteiger partial charge in [0.2, 0.25) is 11.1 Å². The lowest BCUT2D eigenvalue weighted by Crippen LogP contribution is -2.31. The van der Waals surface area contributed by atoms with Crippen LogP contribution in [0.4, 0.5) is 5.95 Å². The third-order valence-electron chi connectivity index (χ3n) is 5.89. The second-order valence-corrected chi connectivity index (χ2v) is 9.99. The van der Waals surface area contributed by atoms with Gasteiger partial charge in [0.25, 0.3) is 0 Å². The lowest BCUT2D eigenvalue weighted by Gasteiger charge is -2.32. The smallest absolute Gasteiger partial charge is 0.227 e. The number of anilines is 1. The summed E-state index contributed by atoms with van der Waals surface area (Å²) >= 11 is 5.14. The van der Waals surface area contributed by atoms with E-state index in [1.165, 1.54) is 16.7 Å². The van der Waals surface area contributed by atoms with Gasteiger partial charge < -0.3 is 5.32 Å². The molecule has 0 fully saturated rings. The number of allylic oxidation sites excluding steroid dienone is 2. The first-order valence-corrected chi connectivity index (χ1v) is 12.2. The molecule has 0 amide bonds. The fourth-order valence-electron chi connectivity index (χ4n) is 4.30. The van der Waals surface area contributed by atoms with Gasteiger partial charge in [-0.2, -0.15) is 4.98 Å². The van der Waals surface area contributed by atoms with Gasteiger partial charge in [0, 0.05) is 27.9 Å². The Morgan fingerprint density at radius 3 is 2.74 bits per heavy atom. The van der Waals surface area contributed by atoms with Crippen LogP contribution in [-0.4, -0.2) is 20.5 Å². The minimum absolute atomic E-state index is 0.201. The molecule has 1 aliphatic heterocycles. The van der Waals surface area contributed by atoms with E-state index >= 15 is 0 Å². The number of rotatable bonds is 4. The van der Waals surface area contributed by atoms with Crippen LogP contribution < -0.4 is 5.32 Å². The molecule has 1 aromatic heterocycles. The highest BCUT2D eigenvalue weighted by Gasteiger charge is 2.36. The summed E-state index contributed by atoms with van der Waals surface area (Å²) < 4.78 is 2.90. The summed E-state index contributed by atoms with van der Waals surface area (Å²) in [4.78, 5) is 17.7. The minimum Gasteiger partial charge on any atom is -0.328 e. The molecule has 2 aliphatic rings. The Labute approximate surface area is 194 Å². The van der Waals surface area contributed by atoms with Gasteiger partial charge in [-0.3, -0.25) is 4.79 Å². The summed E-state index contributed by atoms with van der Waals surface area (Å²) in [5.74, 6) is 1.72. The highest BCUT2D eigenvalue weighted by molar-refractivity contribution is 9.10. The maximum absolute atomic E-state index is 12.9. The normalized spacial score (nSPS) is 17.9. The molecular weight excluding hydrogens is 472 g/mol. The van der Waals surface area contributed by atoms with E-state index in [0.29, 0.717) is 12.4 Å². The van der Waals surface area contributed by atoms with Crippen molar-refractivity contribution in [3.8, 4) is 0 Å². The zero-order valence-electron chi connectivity index (χ0n) is 17.5. The van der Waals surface area contributed by atoms with E-state index < -0.39 is 0 Å². The quantitative estimate of drug-likeness (QED) is 0.452. The van der Waals surface area contributed by atoms with Crippen LogP contribution in [0.1, 0.15) is 47.6 Å². The summed E-state index contributed by atoms with van der Waals surface area (Å²) in [6.45, 7) is 4.25. The van der Waals surface area contributed by atoms with Gasteiger partial charge in [-0.15, -0.1) is 5.10 Å². The number of carbonyl (C=O) groups excluding carboxylic acids is 1. The van der Waals surface area contributed by atoms with Gasteiger partial charge in [0.05, 0.1) is 0 Å². The fraction of sp³-hybridized carbons (Fsp3) is 0.292. The lowest BCUT2D eigenvalue weighted by atomic mass is 9.85. The first kappa shape index (κ1) is 20.5. The van der Waals surface area contributed by atoms with Gasteiger partial charge in [0.1, 0.15) is 6.04 Å². The van der Waals surface area contributed by atoms with Crippen LogP contribution in [0.5, 0.6) is 0 Å². The summed E-state index contributed by atoms with van der Waals surface area (Å²) in [7, 11) is 0. The van der Waals surface area contributed by atoms with Crippen molar-refractivity contribution in [2.45, 2.75) is 50.1 Å². The van der Waals surface area contributed by atoms with E-state index in [-0.39, 0.29) is 11.8 Å². The molecule has 1 N–H and O–H groups in total. The molecule has 0 spiro atoms. The van der Waals surface area contributed by atoms with Crippen molar-refractivity contribution >= 4 is 39.4 Å². The van der Waals surface area contributed by atoms with Crippen molar-refractivity contribution in [1.82, 2.24) is 14.8 Å². The number of aromatic nitrogens is 3. The van der Waals surface area contributed by atoms with E-state index in [0.717, 1.165) is 45.1 Å². The van der Waals surface area contributed by atoms with E-state index in [2.05, 4.69) is 65.4 Å². The van der Waals surface area contributed by atoms with Gasteiger partial charge in [-0.05, 0) is 55.5 Å². The molecule has 0 radical (unpaired) electrons. The third-order valence-corrected chi connectivity index (χ3v) is 7.30. The number of nitrogens with zero attached hydrogens (tertiary/aromatic N) is 3. The van der Waals surface area contributed by atoms with Crippen molar-refractivity contribution in [2.75, 3.05) is 5.32 Å². The van der Waals surface area contributed by atoms with E-state index in [4.69, 9.17) is 10.1 Å². The maximum Gasteiger partial charge on any atom is 0.227 e. The number of thioether (sulfide) groups is 1. The van der Waals surface area contributed by atoms with Gasteiger partial charge in [-0.1, -0.05) is 63.6 Å². The van der Waals surface area contributed by atoms with Crippen molar-refractivity contribution in [2.24, 2.45) is 0 Å². The minimum atomic E-state index is -0.241. The molecule has 7 heteroatoms. The second kappa shape index (κ2) is 8.28. The summed E-state index contributed by atoms with van der Waals surface area (Å²) in [6.07, 6.45) is 2.33. The molecule has 5 rings (SSSR count). The zero-order valence-corrected chi connectivity index (χ0v) is 19.9. The van der Waals surface area contributed by atoms with Crippen LogP contribution in [0, 0.1) is 13.8 Å². The predicted molar refractivity (Wildman–Crippen MR) is 127 cm³/mol. The number of hydrogen-bond donors (Lipinski definition) is 1. The molecule has 1 aliphatic carbocycles. The number of hydrogen-bond acceptors (Lipinski definition) is 5. The maximum atomic E-state index is 12.9. The topological polar surface area (TPSA) is 59.8 Å². The molecule has 0 bridgehead atoms. The Morgan fingerprint density at radius 2 is 1.97 bits per heavy atom. The molecule has 1 atom stereocenters. The standard InChI is InChI=1S/C24H23BrN4OS/c1-14-6-7-17(15(2)12-14)13-31-24-27-23-26-19-4-3-5-20(30)21(19)22(29(23)28-24)16-8-10-18(25)11-9-16/h6-12,22H,3-5,13H2,1-2H3,(H,26,27,28)/t22-/m0/s1. The van der Waals surface area contributed by atoms with E-state index in [1.807, 2.05) is 16.8 Å². The molecule has 2 heterocycles. The Hall–Kier alpha value is -2.38. The second-order valence-electron chi connectivity index (χ2n) is 8.13. The average molecular weight is 495 g/mol. The third kappa shape index (κ3) is 3.96. The first-order valence-electron chi connectivity index (χ1n) is 10.4. The number of nitrogens with one attached hydrogen (secondary N) is 1. The number of aryl methyl sites for hydroxylation is 2. The monoisotopic (exact) mass is 494 g/mol. The SMILES string of the molecule is Cc1ccc(CSc2nc3n(n2)[C@@H](c2ccc(Br)cc2)C2=C(CCCC2=O)N3)c(C)c1. The Kier molecular flexibility index (Phi) is 5.48. The van der Waals surface area contributed by atoms with E-state index in [1.54, 1.807) is 11.8 Å². The zero-order chi connectivity index (χ0) is 21.5. The van der Waals surface area contributed by atoms with Gasteiger partial charge in [0.15, 0.2) is 5.78 Å². The molecular formula is C24H23BrN4OS. The highest BCUT2D eigenvalue weighted by Crippen LogP contribution is 2.41. The number of ketones is 1. The van der Waals surface area contributed by atoms with Crippen LogP contribution >= 0.6 is 27.7 Å². The summed E-state index contributed by atoms with van der Waals surface area (Å²) in [6, 6.07) is 14.4. The van der Waals surface area contributed by atoms with Crippen LogP contribution in [0.2, 0.25) is 0 Å². The lowest BCUT2D eigenvalue weighted by molar-refractivity contribution is -0.116. The van der Waals surface area contributed by atoms with Crippen LogP contribution in [0.15, 0.2) is 63.4 Å². The molecule has 31 heavy (non-hydrogen) atoms. The van der Waals surface area contributed by atoms with Crippen LogP contribution in [0.3, 0.4) is 0 Å². The molecule has 0 saturated carbocycles. The number of benzene rings is 2. The Bertz CT molecular complexity index is 1200. The van der Waals surface area contributed by atoms with Crippen molar-refractivity contribution in [3.05, 3.63) is 80.5 Å².